The van der Waals surface area contributed by atoms with Gasteiger partial charge in [-0.2, -0.15) is 0 Å². The average molecular weight is 466 g/mol. The summed E-state index contributed by atoms with van der Waals surface area (Å²) in [6.07, 6.45) is 3.13. The van der Waals surface area contributed by atoms with E-state index in [1.165, 1.54) is 13.2 Å². The zero-order valence-electron chi connectivity index (χ0n) is 17.7. The van der Waals surface area contributed by atoms with Crippen LogP contribution in [0.2, 0.25) is 5.02 Å². The number of anilines is 1. The first-order valence-electron chi connectivity index (χ1n) is 10.0. The van der Waals surface area contributed by atoms with Gasteiger partial charge in [0.05, 0.1) is 17.8 Å². The number of fused-ring (bicyclic) bond motifs is 1. The van der Waals surface area contributed by atoms with Gasteiger partial charge < -0.3 is 24.3 Å². The van der Waals surface area contributed by atoms with Crippen molar-refractivity contribution >= 4 is 35.1 Å². The Bertz CT molecular complexity index is 1220. The van der Waals surface area contributed by atoms with E-state index >= 15 is 0 Å². The molecule has 1 heterocycles. The summed E-state index contributed by atoms with van der Waals surface area (Å²) >= 11 is 6.05. The number of amides is 1. The average Bonchev–Trinajstić information content (AvgIpc) is 3.31. The second-order valence-electron chi connectivity index (χ2n) is 6.99. The highest BCUT2D eigenvalue weighted by atomic mass is 35.5. The van der Waals surface area contributed by atoms with Crippen LogP contribution in [0, 0.1) is 0 Å². The number of para-hydroxylation sites is 1. The number of benzene rings is 3. The van der Waals surface area contributed by atoms with Gasteiger partial charge in [0.1, 0.15) is 0 Å². The lowest BCUT2D eigenvalue weighted by atomic mass is 10.1. The summed E-state index contributed by atoms with van der Waals surface area (Å²) in [5.74, 6) is 1.46. The predicted molar refractivity (Wildman–Crippen MR) is 125 cm³/mol. The van der Waals surface area contributed by atoms with Crippen LogP contribution in [0.5, 0.6) is 23.0 Å². The first-order valence-corrected chi connectivity index (χ1v) is 10.4. The number of halogens is 1. The molecule has 1 amide bonds. The molecule has 1 aliphatic heterocycles. The van der Waals surface area contributed by atoms with Crippen LogP contribution in [-0.2, 0) is 4.79 Å². The quantitative estimate of drug-likeness (QED) is 0.372. The molecular weight excluding hydrogens is 446 g/mol. The lowest BCUT2D eigenvalue weighted by molar-refractivity contribution is -0.118. The molecule has 7 nitrogen and oxygen atoms in total. The molecule has 0 radical (unpaired) electrons. The number of nitrogens with one attached hydrogen (secondary N) is 1. The van der Waals surface area contributed by atoms with Crippen LogP contribution in [0.3, 0.4) is 0 Å². The monoisotopic (exact) mass is 465 g/mol. The number of carbonyl (C=O) groups excluding carboxylic acids is 2. The van der Waals surface area contributed by atoms with Crippen LogP contribution >= 0.6 is 11.6 Å². The van der Waals surface area contributed by atoms with E-state index in [4.69, 9.17) is 30.5 Å². The van der Waals surface area contributed by atoms with E-state index in [1.54, 1.807) is 66.7 Å². The molecule has 0 spiro atoms. The molecule has 3 aromatic rings. The van der Waals surface area contributed by atoms with Crippen molar-refractivity contribution in [3.05, 3.63) is 82.9 Å². The fraction of sp³-hybridized carbons (Fsp3) is 0.120. The van der Waals surface area contributed by atoms with Gasteiger partial charge in [-0.25, -0.2) is 0 Å². The molecule has 1 aliphatic rings. The molecule has 33 heavy (non-hydrogen) atoms. The van der Waals surface area contributed by atoms with Crippen LogP contribution in [0.4, 0.5) is 5.69 Å². The third-order valence-corrected chi connectivity index (χ3v) is 5.11. The number of ether oxygens (including phenoxy) is 4. The molecule has 0 unspecified atom stereocenters. The Labute approximate surface area is 195 Å². The Hall–Kier alpha value is -3.97. The Morgan fingerprint density at radius 2 is 1.85 bits per heavy atom. The second-order valence-corrected chi connectivity index (χ2v) is 7.40. The van der Waals surface area contributed by atoms with Crippen molar-refractivity contribution in [3.63, 3.8) is 0 Å². The molecule has 1 N–H and O–H groups in total. The molecule has 0 atom stereocenters. The maximum Gasteiger partial charge on any atom is 0.262 e. The summed E-state index contributed by atoms with van der Waals surface area (Å²) in [5.41, 5.74) is 1.73. The van der Waals surface area contributed by atoms with Gasteiger partial charge in [0.15, 0.2) is 35.4 Å². The number of ketones is 1. The van der Waals surface area contributed by atoms with Gasteiger partial charge in [-0.3, -0.25) is 9.59 Å². The highest BCUT2D eigenvalue weighted by molar-refractivity contribution is 6.33. The minimum atomic E-state index is -0.358. The van der Waals surface area contributed by atoms with Crippen molar-refractivity contribution in [1.82, 2.24) is 0 Å². The summed E-state index contributed by atoms with van der Waals surface area (Å²) in [6, 6.07) is 17.1. The highest BCUT2D eigenvalue weighted by Gasteiger charge is 2.15. The molecule has 8 heteroatoms. The molecule has 168 valence electrons. The number of rotatable bonds is 8. The Kier molecular flexibility index (Phi) is 6.80. The van der Waals surface area contributed by atoms with E-state index in [0.29, 0.717) is 39.3 Å². The third-order valence-electron chi connectivity index (χ3n) is 4.78. The van der Waals surface area contributed by atoms with Gasteiger partial charge in [-0.15, -0.1) is 0 Å². The van der Waals surface area contributed by atoms with Crippen LogP contribution in [0.15, 0.2) is 66.7 Å². The zero-order valence-corrected chi connectivity index (χ0v) is 18.4. The lowest BCUT2D eigenvalue weighted by Crippen LogP contribution is -2.20. The number of hydrogen-bond acceptors (Lipinski definition) is 6. The SMILES string of the molecule is COc1cc(/C=C/C(=O)c2ccc3c(c2)OCO3)ccc1OCC(=O)Nc1ccccc1Cl. The topological polar surface area (TPSA) is 83.1 Å². The van der Waals surface area contributed by atoms with E-state index in [-0.39, 0.29) is 25.1 Å². The van der Waals surface area contributed by atoms with Crippen molar-refractivity contribution < 1.29 is 28.5 Å². The van der Waals surface area contributed by atoms with Crippen molar-refractivity contribution in [2.45, 2.75) is 0 Å². The number of hydrogen-bond donors (Lipinski definition) is 1. The largest absolute Gasteiger partial charge is 0.493 e. The van der Waals surface area contributed by atoms with E-state index in [1.807, 2.05) is 0 Å². The number of methoxy groups -OCH3 is 1. The van der Waals surface area contributed by atoms with E-state index in [2.05, 4.69) is 5.32 Å². The maximum absolute atomic E-state index is 12.5. The summed E-state index contributed by atoms with van der Waals surface area (Å²) < 4.78 is 21.5. The smallest absolute Gasteiger partial charge is 0.262 e. The molecule has 0 saturated carbocycles. The third kappa shape index (κ3) is 5.45. The van der Waals surface area contributed by atoms with Gasteiger partial charge in [0, 0.05) is 5.56 Å². The molecule has 0 saturated heterocycles. The normalized spacial score (nSPS) is 11.9. The number of carbonyl (C=O) groups is 2. The zero-order chi connectivity index (χ0) is 23.2. The van der Waals surface area contributed by atoms with Crippen LogP contribution in [0.1, 0.15) is 15.9 Å². The Morgan fingerprint density at radius 1 is 1.03 bits per heavy atom. The number of allylic oxidation sites excluding steroid dienone is 1. The molecular formula is C25H20ClNO6. The fourth-order valence-corrected chi connectivity index (χ4v) is 3.30. The van der Waals surface area contributed by atoms with Gasteiger partial charge in [0.25, 0.3) is 5.91 Å². The maximum atomic E-state index is 12.5. The first kappa shape index (κ1) is 22.2. The summed E-state index contributed by atoms with van der Waals surface area (Å²) in [6.45, 7) is -0.0714. The molecule has 0 aromatic heterocycles. The fourth-order valence-electron chi connectivity index (χ4n) is 3.12. The van der Waals surface area contributed by atoms with Crippen molar-refractivity contribution in [3.8, 4) is 23.0 Å². The van der Waals surface area contributed by atoms with E-state index < -0.39 is 0 Å². The minimum absolute atomic E-state index is 0.151. The summed E-state index contributed by atoms with van der Waals surface area (Å²) in [4.78, 5) is 24.7. The van der Waals surface area contributed by atoms with Crippen molar-refractivity contribution in [2.75, 3.05) is 25.8 Å². The highest BCUT2D eigenvalue weighted by Crippen LogP contribution is 2.33. The predicted octanol–water partition coefficient (Wildman–Crippen LogP) is 4.99. The van der Waals surface area contributed by atoms with Crippen LogP contribution in [0.25, 0.3) is 6.08 Å². The minimum Gasteiger partial charge on any atom is -0.493 e. The van der Waals surface area contributed by atoms with Crippen LogP contribution < -0.4 is 24.3 Å². The molecule has 0 bridgehead atoms. The standard InChI is InChI=1S/C25H20ClNO6/c1-30-23-12-16(6-9-20(28)17-8-11-22-24(13-17)33-15-32-22)7-10-21(23)31-14-25(29)27-19-5-3-2-4-18(19)26/h2-13H,14-15H2,1H3,(H,27,29)/b9-6+. The van der Waals surface area contributed by atoms with Crippen molar-refractivity contribution in [2.24, 2.45) is 0 Å². The van der Waals surface area contributed by atoms with E-state index in [0.717, 1.165) is 5.56 Å². The van der Waals surface area contributed by atoms with Crippen molar-refractivity contribution in [1.29, 1.82) is 0 Å². The summed E-state index contributed by atoms with van der Waals surface area (Å²) in [5, 5.41) is 3.13. The van der Waals surface area contributed by atoms with Gasteiger partial charge in [0.2, 0.25) is 6.79 Å². The van der Waals surface area contributed by atoms with Gasteiger partial charge in [-0.1, -0.05) is 35.9 Å². The Balaban J connectivity index is 1.38. The summed E-state index contributed by atoms with van der Waals surface area (Å²) in [7, 11) is 1.50. The van der Waals surface area contributed by atoms with Gasteiger partial charge >= 0.3 is 0 Å². The van der Waals surface area contributed by atoms with Crippen LogP contribution in [-0.4, -0.2) is 32.2 Å². The lowest BCUT2D eigenvalue weighted by Gasteiger charge is -2.12. The first-order chi connectivity index (χ1) is 16.0. The molecule has 0 aliphatic carbocycles. The molecule has 4 rings (SSSR count). The van der Waals surface area contributed by atoms with E-state index in [9.17, 15) is 9.59 Å². The molecule has 0 fully saturated rings. The Morgan fingerprint density at radius 3 is 2.67 bits per heavy atom. The second kappa shape index (κ2) is 10.1. The molecule has 3 aromatic carbocycles. The van der Waals surface area contributed by atoms with Gasteiger partial charge in [-0.05, 0) is 54.1 Å².